The molecule has 0 atom stereocenters. The minimum absolute atomic E-state index is 0.118. The summed E-state index contributed by atoms with van der Waals surface area (Å²) >= 11 is 0. The molecule has 120 valence electrons. The number of carboxylic acids is 1. The van der Waals surface area contributed by atoms with Gasteiger partial charge in [-0.1, -0.05) is 0 Å². The predicted molar refractivity (Wildman–Crippen MR) is 82.2 cm³/mol. The topological polar surface area (TPSA) is 88.3 Å². The zero-order valence-corrected chi connectivity index (χ0v) is 12.6. The van der Waals surface area contributed by atoms with Gasteiger partial charge in [-0.3, -0.25) is 14.6 Å². The van der Waals surface area contributed by atoms with E-state index >= 15 is 0 Å². The number of aliphatic carboxylic acids is 1. The van der Waals surface area contributed by atoms with E-state index in [1.54, 1.807) is 40.3 Å². The molecule has 23 heavy (non-hydrogen) atoms. The van der Waals surface area contributed by atoms with Crippen molar-refractivity contribution in [1.29, 1.82) is 0 Å². The van der Waals surface area contributed by atoms with Gasteiger partial charge in [-0.2, -0.15) is 5.10 Å². The van der Waals surface area contributed by atoms with E-state index in [1.165, 1.54) is 0 Å². The highest BCUT2D eigenvalue weighted by atomic mass is 16.4. The molecule has 2 aromatic rings. The predicted octanol–water partition coefficient (Wildman–Crippen LogP) is 1.59. The van der Waals surface area contributed by atoms with Crippen LogP contribution in [-0.2, 0) is 4.79 Å². The molecular weight excluding hydrogens is 296 g/mol. The molecule has 1 saturated heterocycles. The van der Waals surface area contributed by atoms with E-state index in [1.807, 2.05) is 6.07 Å². The minimum Gasteiger partial charge on any atom is -0.481 e. The average molecular weight is 314 g/mol. The number of hydrogen-bond donors (Lipinski definition) is 1. The summed E-state index contributed by atoms with van der Waals surface area (Å²) in [5, 5.41) is 13.0. The van der Waals surface area contributed by atoms with Gasteiger partial charge in [0.25, 0.3) is 5.91 Å². The van der Waals surface area contributed by atoms with Crippen molar-refractivity contribution in [2.75, 3.05) is 13.1 Å². The third kappa shape index (κ3) is 3.56. The summed E-state index contributed by atoms with van der Waals surface area (Å²) in [5.41, 5.74) is 1.17. The number of likely N-dealkylation sites (tertiary alicyclic amines) is 1. The molecule has 1 fully saturated rings. The molecule has 0 saturated carbocycles. The zero-order valence-electron chi connectivity index (χ0n) is 12.6. The van der Waals surface area contributed by atoms with E-state index in [0.717, 1.165) is 18.5 Å². The Morgan fingerprint density at radius 1 is 1.26 bits per heavy atom. The molecule has 1 aliphatic heterocycles. The Hall–Kier alpha value is -2.70. The van der Waals surface area contributed by atoms with Crippen molar-refractivity contribution in [1.82, 2.24) is 19.7 Å². The number of aromatic nitrogens is 3. The van der Waals surface area contributed by atoms with Crippen LogP contribution in [0.15, 0.2) is 36.8 Å². The summed E-state index contributed by atoms with van der Waals surface area (Å²) in [4.78, 5) is 29.2. The van der Waals surface area contributed by atoms with E-state index < -0.39 is 5.97 Å². The second-order valence-corrected chi connectivity index (χ2v) is 5.68. The Bertz CT molecular complexity index is 691. The monoisotopic (exact) mass is 314 g/mol. The highest BCUT2D eigenvalue weighted by Crippen LogP contribution is 2.21. The van der Waals surface area contributed by atoms with Gasteiger partial charge in [-0.15, -0.1) is 0 Å². The lowest BCUT2D eigenvalue weighted by Gasteiger charge is -2.31. The van der Waals surface area contributed by atoms with Gasteiger partial charge in [0, 0.05) is 38.1 Å². The molecule has 0 bridgehead atoms. The molecule has 3 rings (SSSR count). The van der Waals surface area contributed by atoms with Crippen LogP contribution in [0.2, 0.25) is 0 Å². The van der Waals surface area contributed by atoms with Gasteiger partial charge < -0.3 is 10.0 Å². The van der Waals surface area contributed by atoms with Crippen molar-refractivity contribution in [2.24, 2.45) is 5.92 Å². The molecule has 1 amide bonds. The van der Waals surface area contributed by atoms with Crippen LogP contribution in [0.25, 0.3) is 5.69 Å². The lowest BCUT2D eigenvalue weighted by atomic mass is 9.93. The van der Waals surface area contributed by atoms with Gasteiger partial charge in [-0.05, 0) is 37.0 Å². The molecule has 0 aliphatic carbocycles. The first-order valence-corrected chi connectivity index (χ1v) is 7.60. The fraction of sp³-hybridized carbons (Fsp3) is 0.375. The van der Waals surface area contributed by atoms with Crippen molar-refractivity contribution in [3.05, 3.63) is 42.5 Å². The Balaban J connectivity index is 1.67. The summed E-state index contributed by atoms with van der Waals surface area (Å²) in [6, 6.07) is 5.33. The van der Waals surface area contributed by atoms with Crippen LogP contribution in [0.5, 0.6) is 0 Å². The average Bonchev–Trinajstić information content (AvgIpc) is 3.09. The van der Waals surface area contributed by atoms with Crippen molar-refractivity contribution >= 4 is 11.9 Å². The van der Waals surface area contributed by atoms with Crippen LogP contribution in [0.1, 0.15) is 29.8 Å². The summed E-state index contributed by atoms with van der Waals surface area (Å²) in [6.45, 7) is 1.15. The minimum atomic E-state index is -0.775. The maximum atomic E-state index is 12.6. The van der Waals surface area contributed by atoms with Gasteiger partial charge in [0.05, 0.1) is 5.69 Å². The van der Waals surface area contributed by atoms with Crippen molar-refractivity contribution < 1.29 is 14.7 Å². The van der Waals surface area contributed by atoms with Gasteiger partial charge in [-0.25, -0.2) is 4.68 Å². The number of carboxylic acid groups (broad SMARTS) is 1. The highest BCUT2D eigenvalue weighted by molar-refractivity contribution is 5.92. The fourth-order valence-corrected chi connectivity index (χ4v) is 2.85. The van der Waals surface area contributed by atoms with E-state index in [9.17, 15) is 9.59 Å². The Labute approximate surface area is 133 Å². The molecule has 1 aliphatic rings. The molecule has 0 aromatic carbocycles. The standard InChI is InChI=1S/C16H18N4O3/c21-15(22)10-12-3-8-19(9-4-12)16(23)14-11-13(2-6-17-14)20-7-1-5-18-20/h1-2,5-7,11-12H,3-4,8-10H2,(H,21,22). The number of piperidine rings is 1. The molecule has 7 heteroatoms. The summed E-state index contributed by atoms with van der Waals surface area (Å²) < 4.78 is 1.68. The smallest absolute Gasteiger partial charge is 0.303 e. The molecule has 3 heterocycles. The normalized spacial score (nSPS) is 15.6. The molecule has 1 N–H and O–H groups in total. The van der Waals surface area contributed by atoms with Gasteiger partial charge >= 0.3 is 5.97 Å². The number of carbonyl (C=O) groups is 2. The fourth-order valence-electron chi connectivity index (χ4n) is 2.85. The number of hydrogen-bond acceptors (Lipinski definition) is 4. The number of rotatable bonds is 4. The number of pyridine rings is 1. The second-order valence-electron chi connectivity index (χ2n) is 5.68. The summed E-state index contributed by atoms with van der Waals surface area (Å²) in [6.07, 6.45) is 6.69. The maximum absolute atomic E-state index is 12.6. The second kappa shape index (κ2) is 6.60. The molecule has 0 spiro atoms. The van der Waals surface area contributed by atoms with Crippen LogP contribution >= 0.6 is 0 Å². The van der Waals surface area contributed by atoms with E-state index in [0.29, 0.717) is 18.8 Å². The van der Waals surface area contributed by atoms with Crippen LogP contribution in [0.3, 0.4) is 0 Å². The first-order valence-electron chi connectivity index (χ1n) is 7.60. The molecule has 2 aromatic heterocycles. The van der Waals surface area contributed by atoms with E-state index in [-0.39, 0.29) is 18.2 Å². The van der Waals surface area contributed by atoms with Crippen LogP contribution in [0.4, 0.5) is 0 Å². The lowest BCUT2D eigenvalue weighted by Crippen LogP contribution is -2.39. The van der Waals surface area contributed by atoms with Crippen molar-refractivity contribution in [2.45, 2.75) is 19.3 Å². The quantitative estimate of drug-likeness (QED) is 0.926. The number of nitrogens with zero attached hydrogens (tertiary/aromatic N) is 4. The molecule has 0 radical (unpaired) electrons. The molecular formula is C16H18N4O3. The SMILES string of the molecule is O=C(O)CC1CCN(C(=O)c2cc(-n3cccn3)ccn2)CC1. The third-order valence-electron chi connectivity index (χ3n) is 4.10. The number of amides is 1. The summed E-state index contributed by atoms with van der Waals surface area (Å²) in [5.74, 6) is -0.740. The lowest BCUT2D eigenvalue weighted by molar-refractivity contribution is -0.138. The van der Waals surface area contributed by atoms with Crippen LogP contribution < -0.4 is 0 Å². The maximum Gasteiger partial charge on any atom is 0.303 e. The number of carbonyl (C=O) groups excluding carboxylic acids is 1. The first kappa shape index (κ1) is 15.2. The van der Waals surface area contributed by atoms with Crippen LogP contribution in [-0.4, -0.2) is 49.7 Å². The summed E-state index contributed by atoms with van der Waals surface area (Å²) in [7, 11) is 0. The molecule has 0 unspecified atom stereocenters. The first-order chi connectivity index (χ1) is 11.1. The van der Waals surface area contributed by atoms with Gasteiger partial charge in [0.1, 0.15) is 5.69 Å². The zero-order chi connectivity index (χ0) is 16.2. The van der Waals surface area contributed by atoms with Crippen LogP contribution in [0, 0.1) is 5.92 Å². The highest BCUT2D eigenvalue weighted by Gasteiger charge is 2.25. The van der Waals surface area contributed by atoms with Crippen molar-refractivity contribution in [3.8, 4) is 5.69 Å². The Morgan fingerprint density at radius 2 is 2.04 bits per heavy atom. The molecule has 7 nitrogen and oxygen atoms in total. The van der Waals surface area contributed by atoms with Gasteiger partial charge in [0.15, 0.2) is 0 Å². The Morgan fingerprint density at radius 3 is 2.70 bits per heavy atom. The van der Waals surface area contributed by atoms with Crippen molar-refractivity contribution in [3.63, 3.8) is 0 Å². The third-order valence-corrected chi connectivity index (χ3v) is 4.10. The Kier molecular flexibility index (Phi) is 4.36. The van der Waals surface area contributed by atoms with Gasteiger partial charge in [0.2, 0.25) is 0 Å². The van der Waals surface area contributed by atoms with E-state index in [4.69, 9.17) is 5.11 Å². The van der Waals surface area contributed by atoms with E-state index in [2.05, 4.69) is 10.1 Å². The largest absolute Gasteiger partial charge is 0.481 e.